The number of Topliss-reactive ketones (excluding diaryl/α,β-unsaturated/α-hetero) is 1. The predicted octanol–water partition coefficient (Wildman–Crippen LogP) is 2.83. The Morgan fingerprint density at radius 3 is 2.44 bits per heavy atom. The maximum Gasteiger partial charge on any atom is 0.178 e. The molecule has 2 aliphatic heterocycles. The van der Waals surface area contributed by atoms with Crippen LogP contribution in [0.2, 0.25) is 0 Å². The highest BCUT2D eigenvalue weighted by atomic mass is 16.5. The molecule has 0 fully saturated rings. The van der Waals surface area contributed by atoms with Crippen LogP contribution in [0.1, 0.15) is 21.8 Å². The first kappa shape index (κ1) is 15.6. The third kappa shape index (κ3) is 2.36. The number of hydrogen-bond acceptors (Lipinski definition) is 6. The van der Waals surface area contributed by atoms with Gasteiger partial charge in [-0.05, 0) is 18.2 Å². The first-order valence-electron chi connectivity index (χ1n) is 7.94. The molecular formula is C19H18O6. The molecule has 6 heteroatoms. The molecular weight excluding hydrogens is 324 g/mol. The van der Waals surface area contributed by atoms with Gasteiger partial charge in [0.05, 0.1) is 32.8 Å². The molecule has 0 aromatic heterocycles. The van der Waals surface area contributed by atoms with Crippen molar-refractivity contribution in [2.75, 3.05) is 27.9 Å². The molecule has 2 atom stereocenters. The monoisotopic (exact) mass is 342 g/mol. The summed E-state index contributed by atoms with van der Waals surface area (Å²) in [6.45, 7) is 0.287. The summed E-state index contributed by atoms with van der Waals surface area (Å²) in [4.78, 5) is 13.1. The number of benzene rings is 2. The largest absolute Gasteiger partial charge is 0.497 e. The number of carbonyl (C=O) groups excluding carboxylic acids is 1. The molecule has 2 aromatic rings. The van der Waals surface area contributed by atoms with Gasteiger partial charge in [-0.25, -0.2) is 0 Å². The lowest BCUT2D eigenvalue weighted by Crippen LogP contribution is -2.43. The van der Waals surface area contributed by atoms with Crippen LogP contribution in [0.5, 0.6) is 28.7 Å². The van der Waals surface area contributed by atoms with Gasteiger partial charge in [0, 0.05) is 17.7 Å². The summed E-state index contributed by atoms with van der Waals surface area (Å²) in [5.74, 6) is 2.47. The molecule has 0 bridgehead atoms. The fraction of sp³-hybridized carbons (Fsp3) is 0.316. The highest BCUT2D eigenvalue weighted by Gasteiger charge is 2.43. The Bertz CT molecular complexity index is 844. The molecule has 0 saturated heterocycles. The van der Waals surface area contributed by atoms with E-state index in [9.17, 15) is 4.79 Å². The van der Waals surface area contributed by atoms with E-state index in [2.05, 4.69) is 0 Å². The van der Waals surface area contributed by atoms with E-state index in [-0.39, 0.29) is 12.4 Å². The Kier molecular flexibility index (Phi) is 3.67. The Labute approximate surface area is 145 Å². The fourth-order valence-electron chi connectivity index (χ4n) is 3.39. The Morgan fingerprint density at radius 1 is 0.960 bits per heavy atom. The van der Waals surface area contributed by atoms with Crippen LogP contribution < -0.4 is 23.7 Å². The van der Waals surface area contributed by atoms with Crippen molar-refractivity contribution in [1.82, 2.24) is 0 Å². The Morgan fingerprint density at radius 2 is 1.72 bits per heavy atom. The second-order valence-corrected chi connectivity index (χ2v) is 5.92. The van der Waals surface area contributed by atoms with Crippen LogP contribution in [0.15, 0.2) is 30.3 Å². The molecule has 130 valence electrons. The van der Waals surface area contributed by atoms with Gasteiger partial charge in [-0.1, -0.05) is 0 Å². The van der Waals surface area contributed by atoms with Crippen LogP contribution in [0.4, 0.5) is 0 Å². The number of hydrogen-bond donors (Lipinski definition) is 0. The van der Waals surface area contributed by atoms with Crippen molar-refractivity contribution in [1.29, 1.82) is 0 Å². The van der Waals surface area contributed by atoms with E-state index in [1.165, 1.54) is 0 Å². The molecule has 2 aliphatic rings. The Hall–Kier alpha value is -2.89. The van der Waals surface area contributed by atoms with Gasteiger partial charge >= 0.3 is 0 Å². The van der Waals surface area contributed by atoms with Crippen molar-refractivity contribution >= 4 is 5.78 Å². The van der Waals surface area contributed by atoms with Crippen LogP contribution >= 0.6 is 0 Å². The molecule has 0 radical (unpaired) electrons. The summed E-state index contributed by atoms with van der Waals surface area (Å²) in [6, 6.07) is 8.77. The normalized spacial score (nSPS) is 20.4. The zero-order valence-corrected chi connectivity index (χ0v) is 14.2. The minimum Gasteiger partial charge on any atom is -0.497 e. The van der Waals surface area contributed by atoms with E-state index in [0.717, 1.165) is 5.56 Å². The summed E-state index contributed by atoms with van der Waals surface area (Å²) in [7, 11) is 4.70. The van der Waals surface area contributed by atoms with Gasteiger partial charge in [-0.15, -0.1) is 0 Å². The summed E-state index contributed by atoms with van der Waals surface area (Å²) in [6.07, 6.45) is -0.391. The number of fused-ring (bicyclic) bond motifs is 4. The zero-order valence-electron chi connectivity index (χ0n) is 14.2. The smallest absolute Gasteiger partial charge is 0.178 e. The van der Waals surface area contributed by atoms with Gasteiger partial charge in [-0.2, -0.15) is 0 Å². The number of ether oxygens (including phenoxy) is 5. The van der Waals surface area contributed by atoms with Crippen molar-refractivity contribution in [2.45, 2.75) is 12.0 Å². The minimum absolute atomic E-state index is 0.00525. The van der Waals surface area contributed by atoms with E-state index in [4.69, 9.17) is 23.7 Å². The van der Waals surface area contributed by atoms with Gasteiger partial charge in [0.2, 0.25) is 0 Å². The van der Waals surface area contributed by atoms with Gasteiger partial charge in [0.25, 0.3) is 0 Å². The molecule has 2 heterocycles. The Balaban J connectivity index is 1.81. The van der Waals surface area contributed by atoms with Crippen molar-refractivity contribution in [3.63, 3.8) is 0 Å². The molecule has 0 spiro atoms. The topological polar surface area (TPSA) is 63.2 Å². The van der Waals surface area contributed by atoms with Crippen molar-refractivity contribution in [2.24, 2.45) is 0 Å². The minimum atomic E-state index is -0.440. The molecule has 0 N–H and O–H groups in total. The highest BCUT2D eigenvalue weighted by Crippen LogP contribution is 2.46. The number of ketones is 1. The average molecular weight is 342 g/mol. The second-order valence-electron chi connectivity index (χ2n) is 5.92. The SMILES string of the molecule is COc1ccc2c(c1)O[C@@H]1COc3cc(OC)c(OC)cc3[C@@H]1C2=O. The molecule has 4 rings (SSSR count). The lowest BCUT2D eigenvalue weighted by Gasteiger charge is -2.37. The van der Waals surface area contributed by atoms with Gasteiger partial charge in [-0.3, -0.25) is 4.79 Å². The molecule has 2 aromatic carbocycles. The standard InChI is InChI=1S/C19H18O6/c1-21-10-4-5-11-14(6-10)25-17-9-24-13-8-16(23-3)15(22-2)7-12(13)18(17)19(11)20/h4-8,17-18H,9H2,1-3H3/t17-,18+/m1/s1. The van der Waals surface area contributed by atoms with E-state index < -0.39 is 12.0 Å². The van der Waals surface area contributed by atoms with Crippen molar-refractivity contribution < 1.29 is 28.5 Å². The van der Waals surface area contributed by atoms with Gasteiger partial charge in [0.1, 0.15) is 30.0 Å². The molecule has 0 amide bonds. The maximum absolute atomic E-state index is 13.1. The predicted molar refractivity (Wildman–Crippen MR) is 89.5 cm³/mol. The van der Waals surface area contributed by atoms with E-state index in [0.29, 0.717) is 34.3 Å². The summed E-state index contributed by atoms with van der Waals surface area (Å²) in [5, 5.41) is 0. The molecule has 0 aliphatic carbocycles. The lowest BCUT2D eigenvalue weighted by molar-refractivity contribution is 0.0557. The van der Waals surface area contributed by atoms with E-state index in [1.807, 2.05) is 0 Å². The fourth-order valence-corrected chi connectivity index (χ4v) is 3.39. The van der Waals surface area contributed by atoms with Crippen LogP contribution in [0.25, 0.3) is 0 Å². The number of methoxy groups -OCH3 is 3. The van der Waals surface area contributed by atoms with Crippen LogP contribution in [-0.2, 0) is 0 Å². The summed E-state index contributed by atoms with van der Waals surface area (Å²) in [5.41, 5.74) is 1.30. The summed E-state index contributed by atoms with van der Waals surface area (Å²) < 4.78 is 27.7. The highest BCUT2D eigenvalue weighted by molar-refractivity contribution is 6.05. The van der Waals surface area contributed by atoms with E-state index in [1.54, 1.807) is 51.7 Å². The van der Waals surface area contributed by atoms with E-state index >= 15 is 0 Å². The van der Waals surface area contributed by atoms with Crippen molar-refractivity contribution in [3.8, 4) is 28.7 Å². The third-order valence-electron chi connectivity index (χ3n) is 4.64. The zero-order chi connectivity index (χ0) is 17.6. The van der Waals surface area contributed by atoms with Crippen LogP contribution in [-0.4, -0.2) is 39.8 Å². The van der Waals surface area contributed by atoms with Gasteiger partial charge in [0.15, 0.2) is 17.3 Å². The van der Waals surface area contributed by atoms with Crippen molar-refractivity contribution in [3.05, 3.63) is 41.5 Å². The molecule has 0 unspecified atom stereocenters. The summed E-state index contributed by atoms with van der Waals surface area (Å²) >= 11 is 0. The first-order valence-corrected chi connectivity index (χ1v) is 7.94. The molecule has 0 saturated carbocycles. The number of carbonyl (C=O) groups is 1. The molecule has 25 heavy (non-hydrogen) atoms. The maximum atomic E-state index is 13.1. The number of rotatable bonds is 3. The third-order valence-corrected chi connectivity index (χ3v) is 4.64. The second kappa shape index (κ2) is 5.88. The van der Waals surface area contributed by atoms with Crippen LogP contribution in [0.3, 0.4) is 0 Å². The lowest BCUT2D eigenvalue weighted by atomic mass is 9.82. The van der Waals surface area contributed by atoms with Gasteiger partial charge < -0.3 is 23.7 Å². The quantitative estimate of drug-likeness (QED) is 0.855. The first-order chi connectivity index (χ1) is 12.2. The van der Waals surface area contributed by atoms with Crippen LogP contribution in [0, 0.1) is 0 Å². The average Bonchev–Trinajstić information content (AvgIpc) is 2.66. The molecule has 6 nitrogen and oxygen atoms in total.